The fourth-order valence-corrected chi connectivity index (χ4v) is 6.23. The minimum absolute atomic E-state index is 0.00696. The van der Waals surface area contributed by atoms with Crippen LogP contribution in [0, 0.1) is 11.8 Å². The monoisotopic (exact) mass is 618 g/mol. The number of aliphatic hydroxyl groups is 1. The van der Waals surface area contributed by atoms with Crippen molar-refractivity contribution in [2.45, 2.75) is 90.4 Å². The summed E-state index contributed by atoms with van der Waals surface area (Å²) >= 11 is 0. The van der Waals surface area contributed by atoms with E-state index in [1.54, 1.807) is 0 Å². The van der Waals surface area contributed by atoms with Crippen LogP contribution in [0.15, 0.2) is 66.8 Å². The van der Waals surface area contributed by atoms with E-state index in [1.165, 1.54) is 54.2 Å². The van der Waals surface area contributed by atoms with Crippen LogP contribution in [0.1, 0.15) is 94.2 Å². The molecule has 45 heavy (non-hydrogen) atoms. The molecule has 2 aromatic rings. The number of aliphatic hydroxyl groups excluding tert-OH is 1. The molecule has 0 aliphatic heterocycles. The molecule has 6 heteroatoms. The van der Waals surface area contributed by atoms with Gasteiger partial charge in [0.1, 0.15) is 0 Å². The minimum Gasteiger partial charge on any atom is -0.462 e. The van der Waals surface area contributed by atoms with Crippen LogP contribution in [-0.4, -0.2) is 50.6 Å². The van der Waals surface area contributed by atoms with Crippen molar-refractivity contribution in [2.24, 2.45) is 11.8 Å². The Balaban J connectivity index is 1.55. The molecule has 0 amide bonds. The van der Waals surface area contributed by atoms with Gasteiger partial charge in [0.05, 0.1) is 37.6 Å². The number of aryl methyl sites for hydroxylation is 2. The highest BCUT2D eigenvalue weighted by atomic mass is 16.5. The van der Waals surface area contributed by atoms with Crippen molar-refractivity contribution in [3.63, 3.8) is 0 Å². The largest absolute Gasteiger partial charge is 0.462 e. The van der Waals surface area contributed by atoms with Crippen LogP contribution in [0.4, 0.5) is 0 Å². The molecule has 0 heterocycles. The zero-order chi connectivity index (χ0) is 32.6. The third-order valence-electron chi connectivity index (χ3n) is 9.13. The van der Waals surface area contributed by atoms with Crippen LogP contribution in [0.5, 0.6) is 0 Å². The molecule has 2 aromatic carbocycles. The van der Waals surface area contributed by atoms with Crippen molar-refractivity contribution in [2.75, 3.05) is 33.5 Å². The maximum Gasteiger partial charge on any atom is 0.335 e. The van der Waals surface area contributed by atoms with Gasteiger partial charge in [-0.15, -0.1) is 0 Å². The molecule has 3 rings (SSSR count). The first kappa shape index (κ1) is 36.3. The van der Waals surface area contributed by atoms with Gasteiger partial charge in [0.25, 0.3) is 0 Å². The summed E-state index contributed by atoms with van der Waals surface area (Å²) in [5.41, 5.74) is 7.18. The number of hydrogen-bond donors (Lipinski definition) is 1. The second kappa shape index (κ2) is 19.3. The maximum absolute atomic E-state index is 12.3. The average molecular weight is 619 g/mol. The van der Waals surface area contributed by atoms with Crippen LogP contribution in [0.3, 0.4) is 0 Å². The van der Waals surface area contributed by atoms with Gasteiger partial charge in [0, 0.05) is 13.0 Å². The Bertz CT molecular complexity index is 1240. The highest BCUT2D eigenvalue weighted by Gasteiger charge is 2.25. The van der Waals surface area contributed by atoms with Crippen molar-refractivity contribution in [3.05, 3.63) is 83.5 Å². The van der Waals surface area contributed by atoms with E-state index in [4.69, 9.17) is 14.2 Å². The van der Waals surface area contributed by atoms with Crippen LogP contribution in [0.2, 0.25) is 0 Å². The number of esters is 2. The molecule has 1 aliphatic rings. The van der Waals surface area contributed by atoms with Gasteiger partial charge in [0.15, 0.2) is 0 Å². The molecule has 1 unspecified atom stereocenters. The molecule has 1 aliphatic carbocycles. The van der Waals surface area contributed by atoms with E-state index in [0.717, 1.165) is 51.4 Å². The molecule has 246 valence electrons. The summed E-state index contributed by atoms with van der Waals surface area (Å²) in [4.78, 5) is 24.3. The number of rotatable bonds is 19. The van der Waals surface area contributed by atoms with Gasteiger partial charge >= 0.3 is 11.9 Å². The van der Waals surface area contributed by atoms with E-state index in [2.05, 4.69) is 69.5 Å². The third kappa shape index (κ3) is 11.6. The zero-order valence-corrected chi connectivity index (χ0v) is 27.8. The lowest BCUT2D eigenvalue weighted by atomic mass is 9.76. The average Bonchev–Trinajstić information content (AvgIpc) is 3.07. The molecule has 1 fully saturated rings. The van der Waals surface area contributed by atoms with Gasteiger partial charge in [-0.2, -0.15) is 0 Å². The van der Waals surface area contributed by atoms with Crippen molar-refractivity contribution < 1.29 is 28.9 Å². The van der Waals surface area contributed by atoms with E-state index in [0.29, 0.717) is 11.8 Å². The van der Waals surface area contributed by atoms with Gasteiger partial charge in [-0.25, -0.2) is 9.59 Å². The maximum atomic E-state index is 12.3. The normalized spacial score (nSPS) is 17.0. The first-order valence-corrected chi connectivity index (χ1v) is 16.8. The first-order valence-electron chi connectivity index (χ1n) is 16.8. The number of carbonyl (C=O) groups excluding carboxylic acids is 2. The molecule has 0 radical (unpaired) electrons. The number of ether oxygens (including phenoxy) is 3. The molecule has 6 nitrogen and oxygen atoms in total. The minimum atomic E-state index is -0.630. The van der Waals surface area contributed by atoms with E-state index in [-0.39, 0.29) is 36.9 Å². The summed E-state index contributed by atoms with van der Waals surface area (Å²) in [7, 11) is 1.50. The Kier molecular flexibility index (Phi) is 15.6. The Labute approximate surface area is 270 Å². The van der Waals surface area contributed by atoms with Crippen LogP contribution >= 0.6 is 0 Å². The van der Waals surface area contributed by atoms with Crippen molar-refractivity contribution >= 4 is 11.9 Å². The summed E-state index contributed by atoms with van der Waals surface area (Å²) in [6.07, 6.45) is 12.3. The second-order valence-corrected chi connectivity index (χ2v) is 12.6. The summed E-state index contributed by atoms with van der Waals surface area (Å²) in [6, 6.07) is 16.3. The van der Waals surface area contributed by atoms with Crippen molar-refractivity contribution in [3.8, 4) is 11.1 Å². The molecule has 0 saturated heterocycles. The topological polar surface area (TPSA) is 82.1 Å². The fourth-order valence-electron chi connectivity index (χ4n) is 6.23. The lowest BCUT2D eigenvalue weighted by Crippen LogP contribution is -2.24. The Morgan fingerprint density at radius 2 is 1.58 bits per heavy atom. The van der Waals surface area contributed by atoms with E-state index < -0.39 is 18.5 Å². The predicted molar refractivity (Wildman–Crippen MR) is 181 cm³/mol. The molecule has 0 bridgehead atoms. The van der Waals surface area contributed by atoms with Gasteiger partial charge in [-0.1, -0.05) is 82.3 Å². The van der Waals surface area contributed by atoms with Gasteiger partial charge in [0.2, 0.25) is 0 Å². The van der Waals surface area contributed by atoms with E-state index >= 15 is 0 Å². The summed E-state index contributed by atoms with van der Waals surface area (Å²) < 4.78 is 15.8. The Morgan fingerprint density at radius 1 is 0.911 bits per heavy atom. The molecular weight excluding hydrogens is 564 g/mol. The standard InChI is InChI=1S/C39H54O6/c1-6-8-9-10-30-15-19-35(20-16-30)37-22-21-36(23-33(37)7-2)34-17-13-31(14-18-34)11-12-32(26-44-38(41)28(3)24-40)27-45-39(42)29(4)25-43-5/h15-16,19-23,31-32,34,40H,3-4,6-14,17-18,24-27H2,1-2,5H3. The molecule has 1 saturated carbocycles. The van der Waals surface area contributed by atoms with Crippen LogP contribution < -0.4 is 0 Å². The highest BCUT2D eigenvalue weighted by molar-refractivity contribution is 5.88. The van der Waals surface area contributed by atoms with Gasteiger partial charge in [-0.05, 0) is 97.4 Å². The Morgan fingerprint density at radius 3 is 2.18 bits per heavy atom. The number of unbranched alkanes of at least 4 members (excludes halogenated alkanes) is 2. The molecule has 0 spiro atoms. The Hall–Kier alpha value is -3.22. The van der Waals surface area contributed by atoms with Gasteiger partial charge < -0.3 is 19.3 Å². The highest BCUT2D eigenvalue weighted by Crippen LogP contribution is 2.39. The van der Waals surface area contributed by atoms with Crippen molar-refractivity contribution in [1.29, 1.82) is 0 Å². The smallest absolute Gasteiger partial charge is 0.335 e. The summed E-state index contributed by atoms with van der Waals surface area (Å²) in [5.74, 6) is -0.148. The first-order chi connectivity index (χ1) is 21.8. The molecule has 1 N–H and O–H groups in total. The van der Waals surface area contributed by atoms with Crippen LogP contribution in [-0.2, 0) is 36.6 Å². The number of benzene rings is 2. The SMILES string of the molecule is C=C(CO)C(=O)OCC(CCC1CCC(c2ccc(-c3ccc(CCCCC)cc3)c(CC)c2)CC1)COC(=O)C(=C)COC. The third-order valence-corrected chi connectivity index (χ3v) is 9.13. The predicted octanol–water partition coefficient (Wildman–Crippen LogP) is 8.16. The second-order valence-electron chi connectivity index (χ2n) is 12.6. The molecule has 1 atom stereocenters. The summed E-state index contributed by atoms with van der Waals surface area (Å²) in [5, 5.41) is 9.18. The van der Waals surface area contributed by atoms with Crippen molar-refractivity contribution in [1.82, 2.24) is 0 Å². The number of methoxy groups -OCH3 is 1. The molecular formula is C39H54O6. The van der Waals surface area contributed by atoms with Gasteiger partial charge in [-0.3, -0.25) is 0 Å². The van der Waals surface area contributed by atoms with E-state index in [1.807, 2.05) is 0 Å². The van der Waals surface area contributed by atoms with Crippen LogP contribution in [0.25, 0.3) is 11.1 Å². The lowest BCUT2D eigenvalue weighted by Gasteiger charge is -2.30. The number of hydrogen-bond acceptors (Lipinski definition) is 6. The lowest BCUT2D eigenvalue weighted by molar-refractivity contribution is -0.145. The summed E-state index contributed by atoms with van der Waals surface area (Å²) in [6.45, 7) is 11.6. The fraction of sp³-hybridized carbons (Fsp3) is 0.538. The zero-order valence-electron chi connectivity index (χ0n) is 27.8. The van der Waals surface area contributed by atoms with E-state index in [9.17, 15) is 14.7 Å². The molecule has 0 aromatic heterocycles. The number of carbonyl (C=O) groups is 2. The quantitative estimate of drug-likeness (QED) is 0.0972.